The molecule has 1 aromatic rings. The second-order valence-electron chi connectivity index (χ2n) is 3.66. The van der Waals surface area contributed by atoms with Gasteiger partial charge in [-0.2, -0.15) is 0 Å². The van der Waals surface area contributed by atoms with Crippen LogP contribution in [0.5, 0.6) is 0 Å². The fourth-order valence-corrected chi connectivity index (χ4v) is 2.37. The zero-order chi connectivity index (χ0) is 10.7. The minimum Gasteiger partial charge on any atom is -0.316 e. The van der Waals surface area contributed by atoms with Crippen LogP contribution in [0.15, 0.2) is 6.20 Å². The van der Waals surface area contributed by atoms with Gasteiger partial charge in [-0.25, -0.2) is 4.98 Å². The maximum Gasteiger partial charge on any atom is 0.230 e. The summed E-state index contributed by atoms with van der Waals surface area (Å²) in [5.74, 6) is 0.205. The van der Waals surface area contributed by atoms with Crippen molar-refractivity contribution >= 4 is 22.4 Å². The maximum atomic E-state index is 11.7. The largest absolute Gasteiger partial charge is 0.316 e. The van der Waals surface area contributed by atoms with Crippen LogP contribution in [0, 0.1) is 5.92 Å². The Morgan fingerprint density at radius 2 is 2.67 bits per heavy atom. The molecular formula is C10H15N3OS. The number of aromatic nitrogens is 1. The summed E-state index contributed by atoms with van der Waals surface area (Å²) in [5.41, 5.74) is 0. The van der Waals surface area contributed by atoms with Gasteiger partial charge >= 0.3 is 0 Å². The summed E-state index contributed by atoms with van der Waals surface area (Å²) in [6.07, 6.45) is 3.73. The summed E-state index contributed by atoms with van der Waals surface area (Å²) in [7, 11) is 0. The average molecular weight is 225 g/mol. The number of carbonyl (C=O) groups is 1. The highest BCUT2D eigenvalue weighted by atomic mass is 32.1. The fourth-order valence-electron chi connectivity index (χ4n) is 1.61. The van der Waals surface area contributed by atoms with E-state index in [1.807, 2.05) is 6.20 Å². The van der Waals surface area contributed by atoms with Crippen molar-refractivity contribution in [3.8, 4) is 0 Å². The van der Waals surface area contributed by atoms with Crippen LogP contribution in [0.3, 0.4) is 0 Å². The summed E-state index contributed by atoms with van der Waals surface area (Å²) < 4.78 is 0. The molecule has 15 heavy (non-hydrogen) atoms. The van der Waals surface area contributed by atoms with Crippen molar-refractivity contribution in [1.29, 1.82) is 0 Å². The lowest BCUT2D eigenvalue weighted by molar-refractivity contribution is -0.119. The predicted octanol–water partition coefficient (Wildman–Crippen LogP) is 1.25. The maximum absolute atomic E-state index is 11.7. The molecule has 0 unspecified atom stereocenters. The van der Waals surface area contributed by atoms with Crippen molar-refractivity contribution in [2.24, 2.45) is 5.92 Å². The molecule has 4 nitrogen and oxygen atoms in total. The number of aryl methyl sites for hydroxylation is 1. The first-order chi connectivity index (χ1) is 7.29. The standard InChI is InChI=1S/C10H15N3OS/c1-2-8-6-12-10(15-8)13-9(14)7-3-4-11-5-7/h6-7,11H,2-5H2,1H3,(H,12,13,14)/t7-/m1/s1. The Bertz CT molecular complexity index is 344. The molecule has 2 heterocycles. The number of thiazole rings is 1. The highest BCUT2D eigenvalue weighted by molar-refractivity contribution is 7.15. The quantitative estimate of drug-likeness (QED) is 0.814. The van der Waals surface area contributed by atoms with E-state index in [-0.39, 0.29) is 11.8 Å². The molecule has 0 saturated carbocycles. The second-order valence-corrected chi connectivity index (χ2v) is 4.78. The first-order valence-corrected chi connectivity index (χ1v) is 6.07. The minimum atomic E-state index is 0.0944. The summed E-state index contributed by atoms with van der Waals surface area (Å²) in [5, 5.41) is 6.77. The van der Waals surface area contributed by atoms with E-state index in [1.54, 1.807) is 11.3 Å². The summed E-state index contributed by atoms with van der Waals surface area (Å²) >= 11 is 1.56. The third-order valence-corrected chi connectivity index (χ3v) is 3.62. The Balaban J connectivity index is 1.92. The smallest absolute Gasteiger partial charge is 0.230 e. The van der Waals surface area contributed by atoms with Crippen LogP contribution in [0.2, 0.25) is 0 Å². The van der Waals surface area contributed by atoms with Crippen molar-refractivity contribution in [1.82, 2.24) is 10.3 Å². The predicted molar refractivity (Wildman–Crippen MR) is 61.1 cm³/mol. The number of anilines is 1. The van der Waals surface area contributed by atoms with E-state index < -0.39 is 0 Å². The first-order valence-electron chi connectivity index (χ1n) is 5.26. The van der Waals surface area contributed by atoms with Gasteiger partial charge in [0.1, 0.15) is 0 Å². The Morgan fingerprint density at radius 1 is 1.80 bits per heavy atom. The normalized spacial score (nSPS) is 20.5. The number of hydrogen-bond donors (Lipinski definition) is 2. The summed E-state index contributed by atoms with van der Waals surface area (Å²) in [6.45, 7) is 3.81. The zero-order valence-electron chi connectivity index (χ0n) is 8.75. The van der Waals surface area contributed by atoms with E-state index in [0.717, 1.165) is 31.1 Å². The summed E-state index contributed by atoms with van der Waals surface area (Å²) in [4.78, 5) is 17.1. The number of carbonyl (C=O) groups excluding carboxylic acids is 1. The van der Waals surface area contributed by atoms with Gasteiger partial charge in [0.25, 0.3) is 0 Å². The van der Waals surface area contributed by atoms with Crippen molar-refractivity contribution in [2.75, 3.05) is 18.4 Å². The van der Waals surface area contributed by atoms with Crippen molar-refractivity contribution in [3.63, 3.8) is 0 Å². The first kappa shape index (κ1) is 10.6. The van der Waals surface area contributed by atoms with Crippen LogP contribution in [-0.4, -0.2) is 24.0 Å². The van der Waals surface area contributed by atoms with Crippen LogP contribution in [-0.2, 0) is 11.2 Å². The monoisotopic (exact) mass is 225 g/mol. The molecule has 1 saturated heterocycles. The number of rotatable bonds is 3. The third-order valence-electron chi connectivity index (χ3n) is 2.56. The molecule has 1 aliphatic rings. The average Bonchev–Trinajstić information content (AvgIpc) is 2.87. The third kappa shape index (κ3) is 2.54. The number of nitrogens with zero attached hydrogens (tertiary/aromatic N) is 1. The van der Waals surface area contributed by atoms with E-state index in [4.69, 9.17) is 0 Å². The van der Waals surface area contributed by atoms with Crippen LogP contribution in [0.4, 0.5) is 5.13 Å². The van der Waals surface area contributed by atoms with Gasteiger partial charge in [-0.3, -0.25) is 4.79 Å². The molecule has 2 N–H and O–H groups in total. The van der Waals surface area contributed by atoms with E-state index in [1.165, 1.54) is 4.88 Å². The summed E-state index contributed by atoms with van der Waals surface area (Å²) in [6, 6.07) is 0. The number of nitrogens with one attached hydrogen (secondary N) is 2. The molecular weight excluding hydrogens is 210 g/mol. The zero-order valence-corrected chi connectivity index (χ0v) is 9.56. The fraction of sp³-hybridized carbons (Fsp3) is 0.600. The lowest BCUT2D eigenvalue weighted by atomic mass is 10.1. The molecule has 1 aromatic heterocycles. The van der Waals surface area contributed by atoms with Crippen molar-refractivity contribution in [2.45, 2.75) is 19.8 Å². The van der Waals surface area contributed by atoms with Crippen LogP contribution < -0.4 is 10.6 Å². The molecule has 0 aromatic carbocycles. The van der Waals surface area contributed by atoms with E-state index in [9.17, 15) is 4.79 Å². The van der Waals surface area contributed by atoms with Crippen molar-refractivity contribution < 1.29 is 4.79 Å². The number of amides is 1. The number of hydrogen-bond acceptors (Lipinski definition) is 4. The van der Waals surface area contributed by atoms with Crippen LogP contribution in [0.25, 0.3) is 0 Å². The topological polar surface area (TPSA) is 54.0 Å². The lowest BCUT2D eigenvalue weighted by Gasteiger charge is -2.06. The molecule has 1 atom stereocenters. The van der Waals surface area contributed by atoms with Gasteiger partial charge in [-0.15, -0.1) is 11.3 Å². The van der Waals surface area contributed by atoms with Crippen molar-refractivity contribution in [3.05, 3.63) is 11.1 Å². The SMILES string of the molecule is CCc1cnc(NC(=O)[C@@H]2CCNC2)s1. The second kappa shape index (κ2) is 4.72. The molecule has 0 bridgehead atoms. The van der Waals surface area contributed by atoms with Gasteiger partial charge in [-0.1, -0.05) is 6.92 Å². The molecule has 1 aliphatic heterocycles. The van der Waals surface area contributed by atoms with Crippen LogP contribution in [0.1, 0.15) is 18.2 Å². The van der Waals surface area contributed by atoms with Gasteiger partial charge in [0.05, 0.1) is 5.92 Å². The van der Waals surface area contributed by atoms with Gasteiger partial charge in [0, 0.05) is 17.6 Å². The Kier molecular flexibility index (Phi) is 3.33. The van der Waals surface area contributed by atoms with E-state index in [2.05, 4.69) is 22.5 Å². The Morgan fingerprint density at radius 3 is 3.27 bits per heavy atom. The molecule has 5 heteroatoms. The molecule has 0 radical (unpaired) electrons. The molecule has 0 spiro atoms. The minimum absolute atomic E-state index is 0.0944. The Labute approximate surface area is 93.1 Å². The molecule has 1 fully saturated rings. The molecule has 2 rings (SSSR count). The lowest BCUT2D eigenvalue weighted by Crippen LogP contribution is -2.24. The molecule has 82 valence electrons. The van der Waals surface area contributed by atoms with Crippen LogP contribution >= 0.6 is 11.3 Å². The van der Waals surface area contributed by atoms with Gasteiger partial charge in [0.2, 0.25) is 5.91 Å². The van der Waals surface area contributed by atoms with Gasteiger partial charge < -0.3 is 10.6 Å². The highest BCUT2D eigenvalue weighted by Crippen LogP contribution is 2.19. The van der Waals surface area contributed by atoms with E-state index in [0.29, 0.717) is 0 Å². The molecule has 1 amide bonds. The van der Waals surface area contributed by atoms with Gasteiger partial charge in [-0.05, 0) is 19.4 Å². The van der Waals surface area contributed by atoms with Gasteiger partial charge in [0.15, 0.2) is 5.13 Å². The van der Waals surface area contributed by atoms with E-state index >= 15 is 0 Å². The Hall–Kier alpha value is -0.940. The highest BCUT2D eigenvalue weighted by Gasteiger charge is 2.22. The molecule has 0 aliphatic carbocycles.